The molecule has 0 saturated heterocycles. The number of ketones is 1. The maximum atomic E-state index is 12.2. The second-order valence-corrected chi connectivity index (χ2v) is 12.8. The van der Waals surface area contributed by atoms with E-state index in [2.05, 4.69) is 26.6 Å². The van der Waals surface area contributed by atoms with Crippen LogP contribution in [-0.2, 0) is 0 Å². The Morgan fingerprint density at radius 1 is 0.913 bits per heavy atom. The fraction of sp³-hybridized carbons (Fsp3) is 0.750. The Kier molecular flexibility index (Phi) is 9.54. The van der Waals surface area contributed by atoms with Gasteiger partial charge in [0.1, 0.15) is 14.3 Å². The summed E-state index contributed by atoms with van der Waals surface area (Å²) in [5.41, 5.74) is 0.776. The van der Waals surface area contributed by atoms with Crippen molar-refractivity contribution < 1.29 is 9.21 Å². The Bertz CT molecular complexity index is 443. The van der Waals surface area contributed by atoms with Gasteiger partial charge in [-0.1, -0.05) is 84.4 Å². The fourth-order valence-corrected chi connectivity index (χ4v) is 3.79. The molecule has 1 heterocycles. The molecule has 0 N–H and O–H groups in total. The first-order valence-electron chi connectivity index (χ1n) is 9.57. The molecule has 0 aliphatic heterocycles. The third-order valence-electron chi connectivity index (χ3n) is 4.42. The molecule has 132 valence electrons. The molecule has 0 bridgehead atoms. The van der Waals surface area contributed by atoms with Crippen molar-refractivity contribution >= 4 is 19.2 Å². The van der Waals surface area contributed by atoms with Crippen LogP contribution in [0.3, 0.4) is 0 Å². The quantitative estimate of drug-likeness (QED) is 0.240. The molecular weight excluding hydrogens is 300 g/mol. The SMILES string of the molecule is CCCCCCCCCCCCC(=O)c1coc([Si](C)(C)C)c1. The number of unbranched alkanes of at least 4 members (excludes halogenated alkanes) is 9. The maximum absolute atomic E-state index is 12.2. The highest BCUT2D eigenvalue weighted by molar-refractivity contribution is 6.87. The van der Waals surface area contributed by atoms with Gasteiger partial charge in [0.15, 0.2) is 5.78 Å². The molecule has 0 fully saturated rings. The van der Waals surface area contributed by atoms with E-state index in [4.69, 9.17) is 4.42 Å². The Balaban J connectivity index is 2.07. The molecule has 0 amide bonds. The first-order valence-corrected chi connectivity index (χ1v) is 13.1. The average Bonchev–Trinajstić information content (AvgIpc) is 2.99. The van der Waals surface area contributed by atoms with E-state index in [1.165, 1.54) is 57.8 Å². The molecule has 0 atom stereocenters. The lowest BCUT2D eigenvalue weighted by atomic mass is 10.0. The number of carbonyl (C=O) groups is 1. The van der Waals surface area contributed by atoms with E-state index >= 15 is 0 Å². The van der Waals surface area contributed by atoms with Gasteiger partial charge in [-0.05, 0) is 12.5 Å². The molecule has 1 aromatic heterocycles. The highest BCUT2D eigenvalue weighted by atomic mass is 28.3. The van der Waals surface area contributed by atoms with Crippen molar-refractivity contribution in [3.8, 4) is 0 Å². The topological polar surface area (TPSA) is 30.2 Å². The van der Waals surface area contributed by atoms with Gasteiger partial charge >= 0.3 is 0 Å². The molecule has 2 nitrogen and oxygen atoms in total. The normalized spacial score (nSPS) is 11.8. The van der Waals surface area contributed by atoms with Crippen molar-refractivity contribution in [2.75, 3.05) is 0 Å². The highest BCUT2D eigenvalue weighted by Gasteiger charge is 2.22. The summed E-state index contributed by atoms with van der Waals surface area (Å²) >= 11 is 0. The lowest BCUT2D eigenvalue weighted by molar-refractivity contribution is 0.0978. The van der Waals surface area contributed by atoms with Crippen molar-refractivity contribution in [1.29, 1.82) is 0 Å². The zero-order valence-electron chi connectivity index (χ0n) is 15.7. The lowest BCUT2D eigenvalue weighted by Crippen LogP contribution is -2.36. The number of Topliss-reactive ketones (excluding diaryl/α,β-unsaturated/α-hetero) is 1. The zero-order valence-corrected chi connectivity index (χ0v) is 16.7. The zero-order chi connectivity index (χ0) is 17.1. The van der Waals surface area contributed by atoms with Gasteiger partial charge in [-0.25, -0.2) is 0 Å². The Morgan fingerprint density at radius 3 is 1.91 bits per heavy atom. The summed E-state index contributed by atoms with van der Waals surface area (Å²) in [6.07, 6.45) is 15.4. The van der Waals surface area contributed by atoms with Gasteiger partial charge in [-0.2, -0.15) is 0 Å². The van der Waals surface area contributed by atoms with Crippen LogP contribution >= 0.6 is 0 Å². The molecule has 0 aliphatic carbocycles. The molecule has 0 saturated carbocycles. The van der Waals surface area contributed by atoms with Gasteiger partial charge in [-0.3, -0.25) is 4.79 Å². The predicted molar refractivity (Wildman–Crippen MR) is 102 cm³/mol. The minimum atomic E-state index is -1.44. The highest BCUT2D eigenvalue weighted by Crippen LogP contribution is 2.14. The van der Waals surface area contributed by atoms with Crippen LogP contribution in [0.2, 0.25) is 19.6 Å². The van der Waals surface area contributed by atoms with Crippen LogP contribution in [0.25, 0.3) is 0 Å². The lowest BCUT2D eigenvalue weighted by Gasteiger charge is -2.10. The van der Waals surface area contributed by atoms with E-state index < -0.39 is 8.07 Å². The van der Waals surface area contributed by atoms with Crippen molar-refractivity contribution in [3.63, 3.8) is 0 Å². The van der Waals surface area contributed by atoms with E-state index in [0.29, 0.717) is 6.42 Å². The van der Waals surface area contributed by atoms with Crippen molar-refractivity contribution in [2.24, 2.45) is 0 Å². The summed E-state index contributed by atoms with van der Waals surface area (Å²) in [5.74, 6) is 0.248. The summed E-state index contributed by atoms with van der Waals surface area (Å²) in [5, 5.41) is 1.03. The summed E-state index contributed by atoms with van der Waals surface area (Å²) in [6.45, 7) is 8.98. The van der Waals surface area contributed by atoms with Gasteiger partial charge in [0, 0.05) is 6.42 Å². The molecule has 0 radical (unpaired) electrons. The number of hydrogen-bond acceptors (Lipinski definition) is 2. The minimum Gasteiger partial charge on any atom is -0.474 e. The van der Waals surface area contributed by atoms with Crippen LogP contribution < -0.4 is 5.38 Å². The smallest absolute Gasteiger partial charge is 0.166 e. The van der Waals surface area contributed by atoms with Crippen LogP contribution in [0, 0.1) is 0 Å². The van der Waals surface area contributed by atoms with Crippen LogP contribution in [-0.4, -0.2) is 13.9 Å². The van der Waals surface area contributed by atoms with Gasteiger partial charge in [0.25, 0.3) is 0 Å². The summed E-state index contributed by atoms with van der Waals surface area (Å²) < 4.78 is 5.59. The van der Waals surface area contributed by atoms with Crippen molar-refractivity contribution in [2.45, 2.75) is 97.2 Å². The molecule has 1 aromatic rings. The standard InChI is InChI=1S/C20H36O2Si/c1-5-6-7-8-9-10-11-12-13-14-15-19(21)18-16-20(22-17-18)23(2,3)4/h16-17H,5-15H2,1-4H3. The second kappa shape index (κ2) is 10.9. The Morgan fingerprint density at radius 2 is 1.43 bits per heavy atom. The largest absolute Gasteiger partial charge is 0.474 e. The van der Waals surface area contributed by atoms with Crippen molar-refractivity contribution in [3.05, 3.63) is 17.9 Å². The Labute approximate surface area is 144 Å². The molecule has 0 aliphatic rings. The molecule has 1 rings (SSSR count). The molecule has 0 spiro atoms. The van der Waals surface area contributed by atoms with Crippen LogP contribution in [0.15, 0.2) is 16.7 Å². The molecule has 0 aromatic carbocycles. The number of rotatable bonds is 13. The van der Waals surface area contributed by atoms with E-state index in [1.807, 2.05) is 6.07 Å². The maximum Gasteiger partial charge on any atom is 0.166 e. The fourth-order valence-electron chi connectivity index (χ4n) is 2.79. The van der Waals surface area contributed by atoms with Gasteiger partial charge in [0.2, 0.25) is 0 Å². The van der Waals surface area contributed by atoms with E-state index in [9.17, 15) is 4.79 Å². The molecule has 23 heavy (non-hydrogen) atoms. The van der Waals surface area contributed by atoms with E-state index in [-0.39, 0.29) is 5.78 Å². The van der Waals surface area contributed by atoms with Gasteiger partial charge < -0.3 is 4.42 Å². The first-order chi connectivity index (χ1) is 10.9. The number of hydrogen-bond donors (Lipinski definition) is 0. The average molecular weight is 337 g/mol. The van der Waals surface area contributed by atoms with E-state index in [0.717, 1.165) is 17.4 Å². The number of furan rings is 1. The predicted octanol–water partition coefficient (Wildman–Crippen LogP) is 6.32. The van der Waals surface area contributed by atoms with Crippen molar-refractivity contribution in [1.82, 2.24) is 0 Å². The second-order valence-electron chi connectivity index (χ2n) is 7.80. The summed E-state index contributed by atoms with van der Waals surface area (Å²) in [7, 11) is -1.44. The number of carbonyl (C=O) groups excluding carboxylic acids is 1. The van der Waals surface area contributed by atoms with Crippen LogP contribution in [0.5, 0.6) is 0 Å². The Hall–Kier alpha value is -0.833. The third kappa shape index (κ3) is 8.54. The first kappa shape index (κ1) is 20.2. The minimum absolute atomic E-state index is 0.248. The molecule has 0 unspecified atom stereocenters. The van der Waals surface area contributed by atoms with Gasteiger partial charge in [0.05, 0.1) is 10.9 Å². The monoisotopic (exact) mass is 336 g/mol. The summed E-state index contributed by atoms with van der Waals surface area (Å²) in [6, 6.07) is 1.98. The van der Waals surface area contributed by atoms with Crippen LogP contribution in [0.4, 0.5) is 0 Å². The van der Waals surface area contributed by atoms with E-state index in [1.54, 1.807) is 6.26 Å². The van der Waals surface area contributed by atoms with Gasteiger partial charge in [-0.15, -0.1) is 0 Å². The van der Waals surface area contributed by atoms with Crippen LogP contribution in [0.1, 0.15) is 87.9 Å². The third-order valence-corrected chi connectivity index (χ3v) is 6.16. The summed E-state index contributed by atoms with van der Waals surface area (Å²) in [4.78, 5) is 12.2. The molecule has 3 heteroatoms. The molecular formula is C20H36O2Si.